The molecule has 0 saturated carbocycles. The van der Waals surface area contributed by atoms with Gasteiger partial charge in [-0.05, 0) is 12.1 Å². The summed E-state index contributed by atoms with van der Waals surface area (Å²) in [5, 5.41) is 22.1. The molecular formula is C15H14FN5O3. The van der Waals surface area contributed by atoms with E-state index in [0.29, 0.717) is 13.0 Å². The SMILES string of the molecule is COc1cc(NCCc2nnc3ccccn23)c([N+](=O)[O-])cc1F. The van der Waals surface area contributed by atoms with Gasteiger partial charge in [-0.1, -0.05) is 6.07 Å². The number of hydrogen-bond donors (Lipinski definition) is 1. The maximum Gasteiger partial charge on any atom is 0.295 e. The van der Waals surface area contributed by atoms with Crippen LogP contribution < -0.4 is 10.1 Å². The molecule has 0 aliphatic carbocycles. The van der Waals surface area contributed by atoms with E-state index >= 15 is 0 Å². The molecule has 0 spiro atoms. The number of benzene rings is 1. The Morgan fingerprint density at radius 3 is 2.96 bits per heavy atom. The van der Waals surface area contributed by atoms with E-state index in [1.54, 1.807) is 0 Å². The summed E-state index contributed by atoms with van der Waals surface area (Å²) in [7, 11) is 1.30. The second-order valence-corrected chi connectivity index (χ2v) is 4.98. The lowest BCUT2D eigenvalue weighted by atomic mass is 10.2. The van der Waals surface area contributed by atoms with Crippen molar-refractivity contribution in [2.24, 2.45) is 0 Å². The molecule has 9 heteroatoms. The number of aromatic nitrogens is 3. The summed E-state index contributed by atoms with van der Waals surface area (Å²) in [6.45, 7) is 0.366. The number of anilines is 1. The van der Waals surface area contributed by atoms with Crippen molar-refractivity contribution in [1.29, 1.82) is 0 Å². The number of nitrogens with zero attached hydrogens (tertiary/aromatic N) is 4. The fourth-order valence-electron chi connectivity index (χ4n) is 2.36. The molecule has 0 aliphatic rings. The van der Waals surface area contributed by atoms with Crippen molar-refractivity contribution in [2.75, 3.05) is 19.0 Å². The van der Waals surface area contributed by atoms with Gasteiger partial charge in [-0.3, -0.25) is 14.5 Å². The number of halogens is 1. The van der Waals surface area contributed by atoms with Crippen LogP contribution in [-0.2, 0) is 6.42 Å². The molecule has 3 rings (SSSR count). The summed E-state index contributed by atoms with van der Waals surface area (Å²) >= 11 is 0. The number of methoxy groups -OCH3 is 1. The van der Waals surface area contributed by atoms with Crippen molar-refractivity contribution in [1.82, 2.24) is 14.6 Å². The van der Waals surface area contributed by atoms with Gasteiger partial charge < -0.3 is 10.1 Å². The molecule has 0 bridgehead atoms. The van der Waals surface area contributed by atoms with Gasteiger partial charge in [0.05, 0.1) is 18.1 Å². The van der Waals surface area contributed by atoms with E-state index in [9.17, 15) is 14.5 Å². The van der Waals surface area contributed by atoms with Crippen LogP contribution in [0.2, 0.25) is 0 Å². The fraction of sp³-hybridized carbons (Fsp3) is 0.200. The van der Waals surface area contributed by atoms with Gasteiger partial charge in [-0.2, -0.15) is 0 Å². The lowest BCUT2D eigenvalue weighted by molar-refractivity contribution is -0.384. The number of rotatable bonds is 6. The highest BCUT2D eigenvalue weighted by atomic mass is 19.1. The predicted molar refractivity (Wildman–Crippen MR) is 84.8 cm³/mol. The average Bonchev–Trinajstić information content (AvgIpc) is 2.99. The van der Waals surface area contributed by atoms with E-state index in [1.165, 1.54) is 13.2 Å². The Labute approximate surface area is 136 Å². The van der Waals surface area contributed by atoms with E-state index in [2.05, 4.69) is 15.5 Å². The van der Waals surface area contributed by atoms with Crippen LogP contribution in [0.3, 0.4) is 0 Å². The number of nitrogens with one attached hydrogen (secondary N) is 1. The lowest BCUT2D eigenvalue weighted by Crippen LogP contribution is -2.09. The molecule has 0 aliphatic heterocycles. The zero-order chi connectivity index (χ0) is 17.1. The third-order valence-corrected chi connectivity index (χ3v) is 3.52. The Balaban J connectivity index is 1.77. The molecule has 0 saturated heterocycles. The van der Waals surface area contributed by atoms with Crippen LogP contribution in [0.15, 0.2) is 36.5 Å². The van der Waals surface area contributed by atoms with Gasteiger partial charge in [0.25, 0.3) is 5.69 Å². The summed E-state index contributed by atoms with van der Waals surface area (Å²) in [5.41, 5.74) is 0.563. The average molecular weight is 331 g/mol. The molecule has 3 aromatic rings. The van der Waals surface area contributed by atoms with Crippen molar-refractivity contribution in [3.63, 3.8) is 0 Å². The van der Waals surface area contributed by atoms with E-state index in [-0.39, 0.29) is 17.1 Å². The summed E-state index contributed by atoms with van der Waals surface area (Å²) in [5.74, 6) is -0.121. The van der Waals surface area contributed by atoms with Crippen molar-refractivity contribution < 1.29 is 14.1 Å². The summed E-state index contributed by atoms with van der Waals surface area (Å²) < 4.78 is 20.3. The molecule has 8 nitrogen and oxygen atoms in total. The Kier molecular flexibility index (Phi) is 4.23. The first kappa shape index (κ1) is 15.7. The first-order valence-corrected chi connectivity index (χ1v) is 7.14. The number of nitro benzene ring substituents is 1. The van der Waals surface area contributed by atoms with Crippen LogP contribution in [-0.4, -0.2) is 33.2 Å². The number of ether oxygens (including phenoxy) is 1. The minimum Gasteiger partial charge on any atom is -0.494 e. The molecule has 0 radical (unpaired) electrons. The molecule has 1 N–H and O–H groups in total. The second kappa shape index (κ2) is 6.49. The maximum absolute atomic E-state index is 13.6. The molecule has 24 heavy (non-hydrogen) atoms. The topological polar surface area (TPSA) is 94.6 Å². The van der Waals surface area contributed by atoms with E-state index in [1.807, 2.05) is 28.8 Å². The maximum atomic E-state index is 13.6. The number of fused-ring (bicyclic) bond motifs is 1. The smallest absolute Gasteiger partial charge is 0.295 e. The van der Waals surface area contributed by atoms with Crippen molar-refractivity contribution in [2.45, 2.75) is 6.42 Å². The quantitative estimate of drug-likeness (QED) is 0.551. The van der Waals surface area contributed by atoms with Crippen molar-refractivity contribution in [3.8, 4) is 5.75 Å². The van der Waals surface area contributed by atoms with E-state index in [0.717, 1.165) is 17.5 Å². The summed E-state index contributed by atoms with van der Waals surface area (Å²) in [6, 6.07) is 7.67. The summed E-state index contributed by atoms with van der Waals surface area (Å²) in [6.07, 6.45) is 2.33. The molecule has 2 aromatic heterocycles. The Morgan fingerprint density at radius 2 is 2.21 bits per heavy atom. The van der Waals surface area contributed by atoms with Gasteiger partial charge in [0.2, 0.25) is 0 Å². The number of nitro groups is 1. The first-order chi connectivity index (χ1) is 11.6. The molecular weight excluding hydrogens is 317 g/mol. The Morgan fingerprint density at radius 1 is 1.38 bits per heavy atom. The fourth-order valence-corrected chi connectivity index (χ4v) is 2.36. The molecule has 1 aromatic carbocycles. The van der Waals surface area contributed by atoms with Crippen molar-refractivity contribution >= 4 is 17.0 Å². The monoisotopic (exact) mass is 331 g/mol. The number of hydrogen-bond acceptors (Lipinski definition) is 6. The van der Waals surface area contributed by atoms with E-state index < -0.39 is 10.7 Å². The molecule has 0 fully saturated rings. The summed E-state index contributed by atoms with van der Waals surface area (Å²) in [4.78, 5) is 10.4. The van der Waals surface area contributed by atoms with Gasteiger partial charge in [0, 0.05) is 25.2 Å². The minimum absolute atomic E-state index is 0.0592. The second-order valence-electron chi connectivity index (χ2n) is 4.98. The van der Waals surface area contributed by atoms with Gasteiger partial charge in [0.15, 0.2) is 17.2 Å². The van der Waals surface area contributed by atoms with Crippen LogP contribution >= 0.6 is 0 Å². The standard InChI is InChI=1S/C15H14FN5O3/c1-24-13-9-11(12(21(22)23)8-10(13)16)17-6-5-15-19-18-14-4-2-3-7-20(14)15/h2-4,7-9,17H,5-6H2,1H3. The van der Waals surface area contributed by atoms with Crippen LogP contribution in [0.1, 0.15) is 5.82 Å². The van der Waals surface area contributed by atoms with Gasteiger partial charge in [0.1, 0.15) is 11.5 Å². The zero-order valence-electron chi connectivity index (χ0n) is 12.8. The zero-order valence-corrected chi connectivity index (χ0v) is 12.8. The van der Waals surface area contributed by atoms with Crippen LogP contribution in [0.4, 0.5) is 15.8 Å². The van der Waals surface area contributed by atoms with Gasteiger partial charge in [-0.15, -0.1) is 10.2 Å². The van der Waals surface area contributed by atoms with Crippen molar-refractivity contribution in [3.05, 3.63) is 58.3 Å². The predicted octanol–water partition coefficient (Wildman–Crippen LogP) is 2.44. The molecule has 124 valence electrons. The van der Waals surface area contributed by atoms with Gasteiger partial charge >= 0.3 is 0 Å². The highest BCUT2D eigenvalue weighted by Crippen LogP contribution is 2.31. The normalized spacial score (nSPS) is 10.8. The highest BCUT2D eigenvalue weighted by molar-refractivity contribution is 5.64. The lowest BCUT2D eigenvalue weighted by Gasteiger charge is -2.09. The first-order valence-electron chi connectivity index (χ1n) is 7.14. The molecule has 0 unspecified atom stereocenters. The Bertz CT molecular complexity index is 896. The van der Waals surface area contributed by atoms with E-state index in [4.69, 9.17) is 4.74 Å². The van der Waals surface area contributed by atoms with Crippen LogP contribution in [0, 0.1) is 15.9 Å². The molecule has 0 amide bonds. The largest absolute Gasteiger partial charge is 0.494 e. The van der Waals surface area contributed by atoms with Gasteiger partial charge in [-0.25, -0.2) is 4.39 Å². The van der Waals surface area contributed by atoms with Crippen LogP contribution in [0.25, 0.3) is 5.65 Å². The Hall–Kier alpha value is -3.23. The molecule has 2 heterocycles. The third kappa shape index (κ3) is 2.96. The minimum atomic E-state index is -0.779. The number of pyridine rings is 1. The van der Waals surface area contributed by atoms with Crippen LogP contribution in [0.5, 0.6) is 5.75 Å². The highest BCUT2D eigenvalue weighted by Gasteiger charge is 2.19. The molecule has 0 atom stereocenters. The third-order valence-electron chi connectivity index (χ3n) is 3.52.